The number of hydrogen-bond acceptors (Lipinski definition) is 1. The second-order valence-electron chi connectivity index (χ2n) is 4.00. The fourth-order valence-electron chi connectivity index (χ4n) is 1.61. The van der Waals surface area contributed by atoms with E-state index in [1.807, 2.05) is 0 Å². The van der Waals surface area contributed by atoms with Crippen LogP contribution in [0.25, 0.3) is 0 Å². The number of halogens is 4. The molecule has 1 rings (SSSR count). The van der Waals surface area contributed by atoms with Gasteiger partial charge in [0.1, 0.15) is 5.82 Å². The molecule has 0 aliphatic carbocycles. The Labute approximate surface area is 97.8 Å². The molecule has 1 unspecified atom stereocenters. The molecule has 0 bridgehead atoms. The molecule has 0 saturated heterocycles. The minimum atomic E-state index is -4.18. The summed E-state index contributed by atoms with van der Waals surface area (Å²) in [7, 11) is 1.57. The van der Waals surface area contributed by atoms with E-state index in [1.165, 1.54) is 6.07 Å². The minimum Gasteiger partial charge on any atom is -0.313 e. The van der Waals surface area contributed by atoms with Crippen LogP contribution in [0.2, 0.25) is 0 Å². The van der Waals surface area contributed by atoms with Crippen molar-refractivity contribution in [3.63, 3.8) is 0 Å². The summed E-state index contributed by atoms with van der Waals surface area (Å²) < 4.78 is 49.6. The standard InChI is InChI=1S/C12H15F4N/c1-8-3-4-9(7-10(8)13)11(17-2)5-6-12(14,15)16/h3-4,7,11,17H,5-6H2,1-2H3. The highest BCUT2D eigenvalue weighted by Gasteiger charge is 2.28. The lowest BCUT2D eigenvalue weighted by atomic mass is 10.0. The first-order valence-corrected chi connectivity index (χ1v) is 5.33. The predicted molar refractivity (Wildman–Crippen MR) is 58.2 cm³/mol. The Balaban J connectivity index is 2.76. The molecule has 1 aromatic carbocycles. The monoisotopic (exact) mass is 249 g/mol. The van der Waals surface area contributed by atoms with Crippen molar-refractivity contribution in [3.8, 4) is 0 Å². The van der Waals surface area contributed by atoms with Crippen molar-refractivity contribution in [2.45, 2.75) is 32.0 Å². The van der Waals surface area contributed by atoms with Crippen LogP contribution < -0.4 is 5.32 Å². The zero-order chi connectivity index (χ0) is 13.1. The Bertz CT molecular complexity index is 373. The normalized spacial score (nSPS) is 13.8. The fourth-order valence-corrected chi connectivity index (χ4v) is 1.61. The summed E-state index contributed by atoms with van der Waals surface area (Å²) in [6.07, 6.45) is -5.16. The van der Waals surface area contributed by atoms with Gasteiger partial charge in [-0.25, -0.2) is 4.39 Å². The molecule has 0 aromatic heterocycles. The Morgan fingerprint density at radius 1 is 1.29 bits per heavy atom. The van der Waals surface area contributed by atoms with Crippen molar-refractivity contribution < 1.29 is 17.6 Å². The zero-order valence-electron chi connectivity index (χ0n) is 9.74. The number of aryl methyl sites for hydroxylation is 1. The Morgan fingerprint density at radius 2 is 1.94 bits per heavy atom. The third kappa shape index (κ3) is 4.34. The highest BCUT2D eigenvalue weighted by molar-refractivity contribution is 5.25. The van der Waals surface area contributed by atoms with Gasteiger partial charge in [-0.05, 0) is 37.6 Å². The van der Waals surface area contributed by atoms with Crippen LogP contribution in [0.15, 0.2) is 18.2 Å². The maximum absolute atomic E-state index is 13.3. The van der Waals surface area contributed by atoms with Crippen LogP contribution >= 0.6 is 0 Å². The third-order valence-corrected chi connectivity index (χ3v) is 2.66. The lowest BCUT2D eigenvalue weighted by Gasteiger charge is -2.18. The van der Waals surface area contributed by atoms with Crippen LogP contribution in [0.3, 0.4) is 0 Å². The average molecular weight is 249 g/mol. The van der Waals surface area contributed by atoms with Crippen LogP contribution in [0, 0.1) is 12.7 Å². The number of alkyl halides is 3. The molecule has 0 saturated carbocycles. The van der Waals surface area contributed by atoms with E-state index in [9.17, 15) is 17.6 Å². The van der Waals surface area contributed by atoms with E-state index in [4.69, 9.17) is 0 Å². The molecule has 1 aromatic rings. The van der Waals surface area contributed by atoms with Gasteiger partial charge in [0.25, 0.3) is 0 Å². The van der Waals surface area contributed by atoms with Crippen molar-refractivity contribution >= 4 is 0 Å². The summed E-state index contributed by atoms with van der Waals surface area (Å²) in [6.45, 7) is 1.61. The Hall–Kier alpha value is -1.10. The molecule has 5 heteroatoms. The first kappa shape index (κ1) is 14.0. The molecule has 1 atom stereocenters. The van der Waals surface area contributed by atoms with Crippen LogP contribution in [-0.2, 0) is 0 Å². The van der Waals surface area contributed by atoms with Gasteiger partial charge in [0.05, 0.1) is 0 Å². The van der Waals surface area contributed by atoms with E-state index < -0.39 is 24.5 Å². The molecule has 0 heterocycles. The van der Waals surface area contributed by atoms with Crippen LogP contribution in [0.1, 0.15) is 30.0 Å². The lowest BCUT2D eigenvalue weighted by Crippen LogP contribution is -2.19. The van der Waals surface area contributed by atoms with Gasteiger partial charge in [-0.3, -0.25) is 0 Å². The van der Waals surface area contributed by atoms with Crippen molar-refractivity contribution in [1.82, 2.24) is 5.32 Å². The fraction of sp³-hybridized carbons (Fsp3) is 0.500. The van der Waals surface area contributed by atoms with Crippen LogP contribution in [-0.4, -0.2) is 13.2 Å². The minimum absolute atomic E-state index is 0.0947. The van der Waals surface area contributed by atoms with Gasteiger partial charge in [-0.15, -0.1) is 0 Å². The van der Waals surface area contributed by atoms with Crippen molar-refractivity contribution in [2.24, 2.45) is 0 Å². The van der Waals surface area contributed by atoms with E-state index >= 15 is 0 Å². The summed E-state index contributed by atoms with van der Waals surface area (Å²) in [5.74, 6) is -0.394. The van der Waals surface area contributed by atoms with Crippen molar-refractivity contribution in [2.75, 3.05) is 7.05 Å². The van der Waals surface area contributed by atoms with E-state index in [0.717, 1.165) is 0 Å². The average Bonchev–Trinajstić information content (AvgIpc) is 2.22. The van der Waals surface area contributed by atoms with Crippen LogP contribution in [0.4, 0.5) is 17.6 Å². The molecular formula is C12H15F4N. The van der Waals surface area contributed by atoms with Crippen molar-refractivity contribution in [3.05, 3.63) is 35.1 Å². The maximum atomic E-state index is 13.3. The molecular weight excluding hydrogens is 234 g/mol. The molecule has 1 N–H and O–H groups in total. The summed E-state index contributed by atoms with van der Waals surface area (Å²) in [5, 5.41) is 2.77. The molecule has 0 aliphatic heterocycles. The molecule has 0 spiro atoms. The quantitative estimate of drug-likeness (QED) is 0.801. The first-order chi connectivity index (χ1) is 7.83. The highest BCUT2D eigenvalue weighted by Crippen LogP contribution is 2.27. The maximum Gasteiger partial charge on any atom is 0.389 e. The van der Waals surface area contributed by atoms with Crippen molar-refractivity contribution in [1.29, 1.82) is 0 Å². The van der Waals surface area contributed by atoms with Gasteiger partial charge in [-0.1, -0.05) is 12.1 Å². The summed E-state index contributed by atoms with van der Waals surface area (Å²) in [4.78, 5) is 0. The predicted octanol–water partition coefficient (Wildman–Crippen LogP) is 3.74. The van der Waals surface area contributed by atoms with Gasteiger partial charge in [0.2, 0.25) is 0 Å². The second-order valence-corrected chi connectivity index (χ2v) is 4.00. The van der Waals surface area contributed by atoms with Gasteiger partial charge >= 0.3 is 6.18 Å². The van der Waals surface area contributed by atoms with Gasteiger partial charge in [0.15, 0.2) is 0 Å². The van der Waals surface area contributed by atoms with E-state index in [-0.39, 0.29) is 6.42 Å². The number of rotatable bonds is 4. The third-order valence-electron chi connectivity index (χ3n) is 2.66. The Kier molecular flexibility index (Phi) is 4.51. The zero-order valence-corrected chi connectivity index (χ0v) is 9.74. The van der Waals surface area contributed by atoms with Crippen LogP contribution in [0.5, 0.6) is 0 Å². The summed E-state index contributed by atoms with van der Waals surface area (Å²) in [6, 6.07) is 4.03. The Morgan fingerprint density at radius 3 is 2.41 bits per heavy atom. The molecule has 0 amide bonds. The number of benzene rings is 1. The second kappa shape index (κ2) is 5.49. The number of nitrogens with one attached hydrogen (secondary N) is 1. The molecule has 0 aliphatic rings. The number of hydrogen-bond donors (Lipinski definition) is 1. The largest absolute Gasteiger partial charge is 0.389 e. The van der Waals surface area contributed by atoms with Gasteiger partial charge < -0.3 is 5.32 Å². The first-order valence-electron chi connectivity index (χ1n) is 5.33. The SMILES string of the molecule is CNC(CCC(F)(F)F)c1ccc(C)c(F)c1. The smallest absolute Gasteiger partial charge is 0.313 e. The summed E-state index contributed by atoms with van der Waals surface area (Å²) >= 11 is 0. The van der Waals surface area contributed by atoms with Gasteiger partial charge in [-0.2, -0.15) is 13.2 Å². The van der Waals surface area contributed by atoms with E-state index in [0.29, 0.717) is 11.1 Å². The van der Waals surface area contributed by atoms with E-state index in [1.54, 1.807) is 26.1 Å². The molecule has 0 radical (unpaired) electrons. The van der Waals surface area contributed by atoms with E-state index in [2.05, 4.69) is 5.32 Å². The molecule has 0 fully saturated rings. The topological polar surface area (TPSA) is 12.0 Å². The highest BCUT2D eigenvalue weighted by atomic mass is 19.4. The molecule has 96 valence electrons. The molecule has 1 nitrogen and oxygen atoms in total. The van der Waals surface area contributed by atoms with Gasteiger partial charge in [0, 0.05) is 12.5 Å². The molecule has 17 heavy (non-hydrogen) atoms. The lowest BCUT2D eigenvalue weighted by molar-refractivity contribution is -0.136. The summed E-state index contributed by atoms with van der Waals surface area (Å²) in [5.41, 5.74) is 1.03.